The lowest BCUT2D eigenvalue weighted by molar-refractivity contribution is 0.108. The van der Waals surface area contributed by atoms with Crippen molar-refractivity contribution in [3.8, 4) is 0 Å². The number of nitrogens with zero attached hydrogens (tertiary/aromatic N) is 2. The van der Waals surface area contributed by atoms with Crippen molar-refractivity contribution in [1.82, 2.24) is 15.6 Å². The summed E-state index contributed by atoms with van der Waals surface area (Å²) in [5, 5.41) is 7.80. The molecule has 26 heavy (non-hydrogen) atoms. The molecule has 0 saturated carbocycles. The Morgan fingerprint density at radius 3 is 2.77 bits per heavy atom. The predicted molar refractivity (Wildman–Crippen MR) is 120 cm³/mol. The molecule has 1 heterocycles. The van der Waals surface area contributed by atoms with Gasteiger partial charge in [0.1, 0.15) is 0 Å². The molecular formula is C20H31IN4O. The van der Waals surface area contributed by atoms with Crippen LogP contribution in [-0.2, 0) is 11.3 Å². The molecular weight excluding hydrogens is 439 g/mol. The van der Waals surface area contributed by atoms with E-state index in [4.69, 9.17) is 9.73 Å². The molecule has 0 amide bonds. The molecule has 0 aliphatic carbocycles. The van der Waals surface area contributed by atoms with Crippen LogP contribution in [-0.4, -0.2) is 37.2 Å². The summed E-state index contributed by atoms with van der Waals surface area (Å²) in [5.74, 6) is 1.42. The average molecular weight is 470 g/mol. The minimum absolute atomic E-state index is 0. The first-order valence-corrected chi connectivity index (χ1v) is 9.13. The van der Waals surface area contributed by atoms with Gasteiger partial charge >= 0.3 is 0 Å². The van der Waals surface area contributed by atoms with Crippen molar-refractivity contribution in [2.75, 3.05) is 26.3 Å². The van der Waals surface area contributed by atoms with E-state index in [2.05, 4.69) is 60.7 Å². The van der Waals surface area contributed by atoms with Gasteiger partial charge in [-0.2, -0.15) is 0 Å². The van der Waals surface area contributed by atoms with Gasteiger partial charge in [-0.3, -0.25) is 4.98 Å². The topological polar surface area (TPSA) is 58.5 Å². The highest BCUT2D eigenvalue weighted by atomic mass is 127. The maximum Gasteiger partial charge on any atom is 0.191 e. The summed E-state index contributed by atoms with van der Waals surface area (Å²) >= 11 is 0. The zero-order chi connectivity index (χ0) is 17.9. The van der Waals surface area contributed by atoms with Gasteiger partial charge in [0.25, 0.3) is 0 Å². The fourth-order valence-corrected chi connectivity index (χ4v) is 2.50. The van der Waals surface area contributed by atoms with E-state index in [9.17, 15) is 0 Å². The predicted octanol–water partition coefficient (Wildman–Crippen LogP) is 3.97. The number of benzene rings is 1. The number of para-hydroxylation sites is 1. The van der Waals surface area contributed by atoms with Crippen LogP contribution in [0.25, 0.3) is 10.9 Å². The number of fused-ring (bicyclic) bond motifs is 1. The number of ether oxygens (including phenoxy) is 1. The summed E-state index contributed by atoms with van der Waals surface area (Å²) in [5.41, 5.74) is 2.15. The van der Waals surface area contributed by atoms with Gasteiger partial charge in [-0.25, -0.2) is 4.99 Å². The van der Waals surface area contributed by atoms with E-state index < -0.39 is 0 Å². The van der Waals surface area contributed by atoms with E-state index >= 15 is 0 Å². The van der Waals surface area contributed by atoms with Crippen LogP contribution in [0, 0.1) is 5.92 Å². The number of hydrogen-bond donors (Lipinski definition) is 2. The summed E-state index contributed by atoms with van der Waals surface area (Å²) in [6.45, 7) is 10.3. The molecule has 0 spiro atoms. The van der Waals surface area contributed by atoms with E-state index in [1.54, 1.807) is 0 Å². The Labute approximate surface area is 174 Å². The van der Waals surface area contributed by atoms with E-state index in [1.165, 1.54) is 0 Å². The summed E-state index contributed by atoms with van der Waals surface area (Å²) in [7, 11) is 0. The molecule has 2 N–H and O–H groups in total. The van der Waals surface area contributed by atoms with Crippen LogP contribution in [0.5, 0.6) is 0 Å². The highest BCUT2D eigenvalue weighted by molar-refractivity contribution is 14.0. The SMILES string of the molecule is CCNC(=NCc1cccc2cccnc12)NCCCOCC(C)C.I. The second-order valence-electron chi connectivity index (χ2n) is 6.44. The first kappa shape index (κ1) is 22.6. The molecule has 1 aromatic heterocycles. The number of nitrogens with one attached hydrogen (secondary N) is 2. The molecule has 0 aliphatic heterocycles. The van der Waals surface area contributed by atoms with E-state index in [0.717, 1.165) is 55.2 Å². The van der Waals surface area contributed by atoms with E-state index in [0.29, 0.717) is 12.5 Å². The Morgan fingerprint density at radius 2 is 2.00 bits per heavy atom. The lowest BCUT2D eigenvalue weighted by Gasteiger charge is -2.12. The third-order valence-corrected chi connectivity index (χ3v) is 3.68. The molecule has 2 aromatic rings. The minimum atomic E-state index is 0. The molecule has 0 atom stereocenters. The zero-order valence-electron chi connectivity index (χ0n) is 16.0. The van der Waals surface area contributed by atoms with E-state index in [-0.39, 0.29) is 24.0 Å². The number of aliphatic imine (C=N–C) groups is 1. The van der Waals surface area contributed by atoms with Crippen LogP contribution < -0.4 is 10.6 Å². The van der Waals surface area contributed by atoms with E-state index in [1.807, 2.05) is 12.3 Å². The molecule has 2 rings (SSSR count). The maximum atomic E-state index is 5.61. The fraction of sp³-hybridized carbons (Fsp3) is 0.500. The molecule has 0 radical (unpaired) electrons. The van der Waals surface area contributed by atoms with Gasteiger partial charge in [0.05, 0.1) is 12.1 Å². The minimum Gasteiger partial charge on any atom is -0.381 e. The Hall–Kier alpha value is -1.41. The third kappa shape index (κ3) is 7.86. The maximum absolute atomic E-state index is 5.61. The standard InChI is InChI=1S/C20H30N4O.HI/c1-4-21-20(23-12-7-13-25-15-16(2)3)24-14-18-9-5-8-17-10-6-11-22-19(17)18;/h5-6,8-11,16H,4,7,12-15H2,1-3H3,(H2,21,23,24);1H. The van der Waals surface area contributed by atoms with Crippen LogP contribution >= 0.6 is 24.0 Å². The summed E-state index contributed by atoms with van der Waals surface area (Å²) in [6, 6.07) is 10.3. The molecule has 144 valence electrons. The molecule has 1 aromatic carbocycles. The Kier molecular flexibility index (Phi) is 11.2. The quantitative estimate of drug-likeness (QED) is 0.252. The molecule has 0 aliphatic rings. The van der Waals surface area contributed by atoms with Gasteiger partial charge < -0.3 is 15.4 Å². The van der Waals surface area contributed by atoms with Crippen LogP contribution in [0.3, 0.4) is 0 Å². The molecule has 5 nitrogen and oxygen atoms in total. The summed E-state index contributed by atoms with van der Waals surface area (Å²) in [4.78, 5) is 9.18. The van der Waals surface area contributed by atoms with Crippen LogP contribution in [0.4, 0.5) is 0 Å². The molecule has 0 unspecified atom stereocenters. The molecule has 0 bridgehead atoms. The largest absolute Gasteiger partial charge is 0.381 e. The van der Waals surface area contributed by atoms with Crippen molar-refractivity contribution >= 4 is 40.8 Å². The monoisotopic (exact) mass is 470 g/mol. The average Bonchev–Trinajstić information content (AvgIpc) is 2.62. The Morgan fingerprint density at radius 1 is 1.19 bits per heavy atom. The normalized spacial score (nSPS) is 11.5. The molecule has 6 heteroatoms. The highest BCUT2D eigenvalue weighted by Crippen LogP contribution is 2.16. The van der Waals surface area contributed by atoms with Crippen LogP contribution in [0.2, 0.25) is 0 Å². The number of halogens is 1. The molecule has 0 saturated heterocycles. The summed E-state index contributed by atoms with van der Waals surface area (Å²) < 4.78 is 5.61. The second kappa shape index (κ2) is 12.9. The number of guanidine groups is 1. The van der Waals surface area contributed by atoms with Gasteiger partial charge in [0, 0.05) is 37.9 Å². The first-order chi connectivity index (χ1) is 12.2. The van der Waals surface area contributed by atoms with Crippen molar-refractivity contribution in [3.63, 3.8) is 0 Å². The number of aromatic nitrogens is 1. The van der Waals surface area contributed by atoms with Crippen molar-refractivity contribution in [2.45, 2.75) is 33.7 Å². The zero-order valence-corrected chi connectivity index (χ0v) is 18.3. The Balaban J connectivity index is 0.00000338. The lowest BCUT2D eigenvalue weighted by Crippen LogP contribution is -2.38. The summed E-state index contributed by atoms with van der Waals surface area (Å²) in [6.07, 6.45) is 2.79. The third-order valence-electron chi connectivity index (χ3n) is 3.68. The number of hydrogen-bond acceptors (Lipinski definition) is 3. The van der Waals surface area contributed by atoms with Gasteiger partial charge in [-0.1, -0.05) is 38.1 Å². The number of pyridine rings is 1. The van der Waals surface area contributed by atoms with Crippen molar-refractivity contribution in [2.24, 2.45) is 10.9 Å². The van der Waals surface area contributed by atoms with Crippen molar-refractivity contribution in [1.29, 1.82) is 0 Å². The van der Waals surface area contributed by atoms with Gasteiger partial charge in [-0.05, 0) is 30.9 Å². The Bertz CT molecular complexity index is 670. The van der Waals surface area contributed by atoms with Gasteiger partial charge in [0.2, 0.25) is 0 Å². The van der Waals surface area contributed by atoms with Crippen molar-refractivity contribution < 1.29 is 4.74 Å². The van der Waals surface area contributed by atoms with Crippen LogP contribution in [0.15, 0.2) is 41.5 Å². The fourth-order valence-electron chi connectivity index (χ4n) is 2.50. The lowest BCUT2D eigenvalue weighted by atomic mass is 10.1. The number of rotatable bonds is 9. The highest BCUT2D eigenvalue weighted by Gasteiger charge is 2.02. The first-order valence-electron chi connectivity index (χ1n) is 9.13. The smallest absolute Gasteiger partial charge is 0.191 e. The second-order valence-corrected chi connectivity index (χ2v) is 6.44. The van der Waals surface area contributed by atoms with Crippen LogP contribution in [0.1, 0.15) is 32.8 Å². The molecule has 0 fully saturated rings. The van der Waals surface area contributed by atoms with Gasteiger partial charge in [0.15, 0.2) is 5.96 Å². The van der Waals surface area contributed by atoms with Gasteiger partial charge in [-0.15, -0.1) is 24.0 Å². The van der Waals surface area contributed by atoms with Crippen molar-refractivity contribution in [3.05, 3.63) is 42.1 Å².